The highest BCUT2D eigenvalue weighted by Crippen LogP contribution is 2.42. The van der Waals surface area contributed by atoms with E-state index in [1.165, 1.54) is 11.8 Å². The average Bonchev–Trinajstić information content (AvgIpc) is 2.82. The molecule has 0 spiro atoms. The molecule has 0 fully saturated rings. The predicted octanol–water partition coefficient (Wildman–Crippen LogP) is 7.53. The molecule has 1 unspecified atom stereocenters. The van der Waals surface area contributed by atoms with E-state index in [9.17, 15) is 10.1 Å². The summed E-state index contributed by atoms with van der Waals surface area (Å²) in [5.41, 5.74) is 0.0104. The van der Waals surface area contributed by atoms with E-state index in [2.05, 4.69) is 24.9 Å². The fourth-order valence-electron chi connectivity index (χ4n) is 2.85. The third kappa shape index (κ3) is 9.71. The van der Waals surface area contributed by atoms with Crippen molar-refractivity contribution in [3.8, 4) is 6.07 Å². The van der Waals surface area contributed by atoms with Gasteiger partial charge in [0.15, 0.2) is 5.78 Å². The average molecular weight is 533 g/mol. The lowest BCUT2D eigenvalue weighted by Gasteiger charge is -2.29. The first-order valence-electron chi connectivity index (χ1n) is 11.1. The van der Waals surface area contributed by atoms with Crippen molar-refractivity contribution in [2.24, 2.45) is 0 Å². The van der Waals surface area contributed by atoms with E-state index in [-0.39, 0.29) is 17.0 Å². The third-order valence-electron chi connectivity index (χ3n) is 5.22. The quantitative estimate of drug-likeness (QED) is 0.194. The van der Waals surface area contributed by atoms with Crippen LogP contribution in [0.1, 0.15) is 59.4 Å². The number of aromatic nitrogens is 1. The number of ketones is 1. The van der Waals surface area contributed by atoms with E-state index >= 15 is 0 Å². The number of thioether (sulfide) groups is 1. The highest BCUT2D eigenvalue weighted by Gasteiger charge is 2.33. The molecule has 1 heterocycles. The number of ether oxygens (including phenoxy) is 1. The first kappa shape index (κ1) is 28.9. The molecule has 1 aromatic heterocycles. The second-order valence-electron chi connectivity index (χ2n) is 9.22. The second kappa shape index (κ2) is 13.1. The smallest absolute Gasteiger partial charge is 0.164 e. The predicted molar refractivity (Wildman–Crippen MR) is 150 cm³/mol. The number of benzene rings is 1. The molecule has 0 saturated carbocycles. The minimum atomic E-state index is -0.907. The van der Waals surface area contributed by atoms with Gasteiger partial charge in [-0.3, -0.25) is 4.79 Å². The van der Waals surface area contributed by atoms with Crippen LogP contribution in [0.3, 0.4) is 0 Å². The summed E-state index contributed by atoms with van der Waals surface area (Å²) < 4.78 is 5.87. The molecule has 0 radical (unpaired) electrons. The van der Waals surface area contributed by atoms with Crippen LogP contribution in [0.4, 0.5) is 0 Å². The van der Waals surface area contributed by atoms with Crippen molar-refractivity contribution in [3.05, 3.63) is 60.3 Å². The van der Waals surface area contributed by atoms with Gasteiger partial charge in [-0.05, 0) is 76.0 Å². The Morgan fingerprint density at radius 3 is 2.35 bits per heavy atom. The lowest BCUT2D eigenvalue weighted by Crippen LogP contribution is -2.37. The van der Waals surface area contributed by atoms with E-state index in [0.717, 1.165) is 17.0 Å². The highest BCUT2D eigenvalue weighted by molar-refractivity contribution is 8.77. The number of Topliss-reactive ketones (excluding diaryl/α,β-unsaturated/α-hetero) is 1. The largest absolute Gasteiger partial charge is 0.368 e. The summed E-state index contributed by atoms with van der Waals surface area (Å²) in [4.78, 5) is 17.3. The number of nitrogens with zero attached hydrogens (tertiary/aromatic N) is 2. The molecule has 0 aliphatic carbocycles. The first-order valence-corrected chi connectivity index (χ1v) is 14.5. The minimum absolute atomic E-state index is 0.00600. The van der Waals surface area contributed by atoms with Gasteiger partial charge < -0.3 is 4.74 Å². The Balaban J connectivity index is 1.82. The van der Waals surface area contributed by atoms with Crippen LogP contribution in [0.5, 0.6) is 0 Å². The molecule has 0 amide bonds. The molecule has 0 saturated heterocycles. The number of carbonyl (C=O) groups excluding carboxylic acids is 1. The zero-order valence-corrected chi connectivity index (χ0v) is 23.6. The summed E-state index contributed by atoms with van der Waals surface area (Å²) in [7, 11) is 3.40. The fourth-order valence-corrected chi connectivity index (χ4v) is 6.64. The van der Waals surface area contributed by atoms with Crippen LogP contribution in [0.2, 0.25) is 0 Å². The number of thiocarbonyl (C=S) groups is 1. The van der Waals surface area contributed by atoms with Gasteiger partial charge in [-0.25, -0.2) is 4.98 Å². The van der Waals surface area contributed by atoms with Gasteiger partial charge in [0, 0.05) is 24.0 Å². The van der Waals surface area contributed by atoms with E-state index in [1.54, 1.807) is 27.8 Å². The summed E-state index contributed by atoms with van der Waals surface area (Å²) >= 11 is 6.87. The van der Waals surface area contributed by atoms with Gasteiger partial charge >= 0.3 is 0 Å². The maximum Gasteiger partial charge on any atom is 0.164 e. The highest BCUT2D eigenvalue weighted by atomic mass is 33.1. The summed E-state index contributed by atoms with van der Waals surface area (Å²) in [6, 6.07) is 17.9. The molecule has 0 aliphatic rings. The van der Waals surface area contributed by atoms with Gasteiger partial charge in [0.05, 0.1) is 10.3 Å². The van der Waals surface area contributed by atoms with Crippen LogP contribution in [0.15, 0.2) is 59.8 Å². The number of hydrogen-bond acceptors (Lipinski definition) is 8. The SMILES string of the molecule is CC(C)(CCOC(C)(C)C(=O)CCC(C)(C#N)SC(=S)c1ccccc1)SSc1ccccn1. The van der Waals surface area contributed by atoms with Gasteiger partial charge in [-0.2, -0.15) is 5.26 Å². The summed E-state index contributed by atoms with van der Waals surface area (Å²) in [5, 5.41) is 10.8. The van der Waals surface area contributed by atoms with Crippen LogP contribution >= 0.6 is 45.6 Å². The van der Waals surface area contributed by atoms with Crippen molar-refractivity contribution < 1.29 is 9.53 Å². The van der Waals surface area contributed by atoms with Crippen molar-refractivity contribution in [3.63, 3.8) is 0 Å². The zero-order valence-electron chi connectivity index (χ0n) is 20.4. The number of nitriles is 1. The van der Waals surface area contributed by atoms with Crippen molar-refractivity contribution >= 4 is 55.5 Å². The molecule has 4 nitrogen and oxygen atoms in total. The molecule has 1 aromatic carbocycles. The number of rotatable bonds is 13. The lowest BCUT2D eigenvalue weighted by atomic mass is 9.95. The van der Waals surface area contributed by atoms with Crippen molar-refractivity contribution in [2.45, 2.75) is 74.0 Å². The van der Waals surface area contributed by atoms with Crippen LogP contribution < -0.4 is 0 Å². The molecule has 182 valence electrons. The van der Waals surface area contributed by atoms with E-state index < -0.39 is 10.3 Å². The Bertz CT molecular complexity index is 991. The molecule has 1 atom stereocenters. The van der Waals surface area contributed by atoms with Crippen molar-refractivity contribution in [1.29, 1.82) is 5.26 Å². The van der Waals surface area contributed by atoms with Gasteiger partial charge in [-0.15, -0.1) is 0 Å². The van der Waals surface area contributed by atoms with E-state index in [4.69, 9.17) is 17.0 Å². The summed E-state index contributed by atoms with van der Waals surface area (Å²) in [5.74, 6) is -0.00600. The number of hydrogen-bond donors (Lipinski definition) is 0. The molecule has 0 N–H and O–H groups in total. The standard InChI is InChI=1S/C26H32N2O2S4/c1-24(2,34-33-22-13-9-10-17-28-22)16-18-30-25(3,4)21(29)14-15-26(5,19-27)32-23(31)20-11-7-6-8-12-20/h6-13,17H,14-16,18H2,1-5H3. The number of pyridine rings is 1. The van der Waals surface area contributed by atoms with Crippen LogP contribution in [0.25, 0.3) is 0 Å². The third-order valence-corrected chi connectivity index (χ3v) is 10.1. The second-order valence-corrected chi connectivity index (χ2v) is 14.3. The summed E-state index contributed by atoms with van der Waals surface area (Å²) in [6.07, 6.45) is 3.26. The zero-order chi connectivity index (χ0) is 25.2. The Kier molecular flexibility index (Phi) is 11.1. The first-order chi connectivity index (χ1) is 16.0. The molecule has 0 aliphatic heterocycles. The molecule has 2 aromatic rings. The number of carbonyl (C=O) groups is 1. The topological polar surface area (TPSA) is 63.0 Å². The van der Waals surface area contributed by atoms with Gasteiger partial charge in [0.1, 0.15) is 15.4 Å². The fraction of sp³-hybridized carbons (Fsp3) is 0.462. The Morgan fingerprint density at radius 1 is 1.06 bits per heavy atom. The van der Waals surface area contributed by atoms with Crippen LogP contribution in [-0.2, 0) is 9.53 Å². The maximum absolute atomic E-state index is 13.0. The summed E-state index contributed by atoms with van der Waals surface area (Å²) in [6.45, 7) is 10.3. The van der Waals surface area contributed by atoms with Gasteiger partial charge in [0.2, 0.25) is 0 Å². The Hall–Kier alpha value is -1.37. The van der Waals surface area contributed by atoms with Crippen LogP contribution in [-0.4, -0.2) is 36.7 Å². The maximum atomic E-state index is 13.0. The van der Waals surface area contributed by atoms with E-state index in [0.29, 0.717) is 17.2 Å². The van der Waals surface area contributed by atoms with Crippen molar-refractivity contribution in [2.75, 3.05) is 6.61 Å². The van der Waals surface area contributed by atoms with Crippen LogP contribution in [0, 0.1) is 11.3 Å². The Morgan fingerprint density at radius 2 is 1.74 bits per heavy atom. The molecule has 2 rings (SSSR count). The Labute approximate surface area is 221 Å². The van der Waals surface area contributed by atoms with Gasteiger partial charge in [0.25, 0.3) is 0 Å². The normalized spacial score (nSPS) is 13.6. The molecule has 8 heteroatoms. The minimum Gasteiger partial charge on any atom is -0.368 e. The molecular formula is C26H32N2O2S4. The molecule has 34 heavy (non-hydrogen) atoms. The molecule has 0 bridgehead atoms. The molecular weight excluding hydrogens is 501 g/mol. The van der Waals surface area contributed by atoms with E-state index in [1.807, 2.05) is 69.3 Å². The monoisotopic (exact) mass is 532 g/mol. The lowest BCUT2D eigenvalue weighted by molar-refractivity contribution is -0.140. The van der Waals surface area contributed by atoms with Gasteiger partial charge in [-0.1, -0.05) is 71.2 Å². The van der Waals surface area contributed by atoms with Crippen molar-refractivity contribution in [1.82, 2.24) is 4.98 Å².